The number of rotatable bonds is 5. The molecule has 0 aliphatic rings. The minimum absolute atomic E-state index is 0.0494. The largest absolute Gasteiger partial charge is 0.491 e. The molecule has 96 valence electrons. The van der Waals surface area contributed by atoms with E-state index >= 15 is 0 Å². The number of benzene rings is 1. The van der Waals surface area contributed by atoms with Gasteiger partial charge in [-0.2, -0.15) is 13.2 Å². The molecule has 2 nitrogen and oxygen atoms in total. The minimum Gasteiger partial charge on any atom is -0.491 e. The predicted molar refractivity (Wildman–Crippen MR) is 60.0 cm³/mol. The second-order valence-corrected chi connectivity index (χ2v) is 4.03. The highest BCUT2D eigenvalue weighted by Gasteiger charge is 2.25. The second kappa shape index (κ2) is 5.91. The molecule has 17 heavy (non-hydrogen) atoms. The van der Waals surface area contributed by atoms with Gasteiger partial charge >= 0.3 is 6.18 Å². The van der Waals surface area contributed by atoms with Crippen LogP contribution in [0.5, 0.6) is 5.75 Å². The Balaban J connectivity index is 2.48. The Morgan fingerprint density at radius 1 is 1.29 bits per heavy atom. The summed E-state index contributed by atoms with van der Waals surface area (Å²) >= 11 is 0. The Bertz CT molecular complexity index is 350. The van der Waals surface area contributed by atoms with Crippen molar-refractivity contribution in [2.45, 2.75) is 32.7 Å². The standard InChI is InChI=1S/C12H16F3NO/c1-9(2)17-11-5-3-4-10(6-11)7-16-8-12(13,14)15/h3-6,9,16H,7-8H2,1-2H3. The first kappa shape index (κ1) is 13.8. The summed E-state index contributed by atoms with van der Waals surface area (Å²) < 4.78 is 41.2. The van der Waals surface area contributed by atoms with Crippen LogP contribution in [0.2, 0.25) is 0 Å². The van der Waals surface area contributed by atoms with Crippen LogP contribution in [0.1, 0.15) is 19.4 Å². The van der Waals surface area contributed by atoms with Crippen molar-refractivity contribution in [3.05, 3.63) is 29.8 Å². The fraction of sp³-hybridized carbons (Fsp3) is 0.500. The highest BCUT2D eigenvalue weighted by Crippen LogP contribution is 2.16. The molecule has 1 N–H and O–H groups in total. The molecule has 0 aliphatic carbocycles. The molecule has 0 saturated carbocycles. The molecule has 0 unspecified atom stereocenters. The van der Waals surface area contributed by atoms with Crippen molar-refractivity contribution < 1.29 is 17.9 Å². The van der Waals surface area contributed by atoms with Crippen molar-refractivity contribution in [2.24, 2.45) is 0 Å². The van der Waals surface area contributed by atoms with E-state index in [4.69, 9.17) is 4.74 Å². The third-order valence-electron chi connectivity index (χ3n) is 1.92. The number of hydrogen-bond donors (Lipinski definition) is 1. The van der Waals surface area contributed by atoms with E-state index in [0.717, 1.165) is 5.56 Å². The van der Waals surface area contributed by atoms with Crippen LogP contribution in [-0.4, -0.2) is 18.8 Å². The lowest BCUT2D eigenvalue weighted by molar-refractivity contribution is -0.125. The van der Waals surface area contributed by atoms with Gasteiger partial charge in [0.2, 0.25) is 0 Å². The average Bonchev–Trinajstić information content (AvgIpc) is 2.15. The summed E-state index contributed by atoms with van der Waals surface area (Å²) in [6.07, 6.45) is -4.13. The fourth-order valence-corrected chi connectivity index (χ4v) is 1.35. The monoisotopic (exact) mass is 247 g/mol. The van der Waals surface area contributed by atoms with Gasteiger partial charge in [0.05, 0.1) is 12.6 Å². The van der Waals surface area contributed by atoms with Crippen LogP contribution in [0.25, 0.3) is 0 Å². The highest BCUT2D eigenvalue weighted by atomic mass is 19.4. The zero-order valence-electron chi connectivity index (χ0n) is 9.84. The maximum Gasteiger partial charge on any atom is 0.401 e. The third-order valence-corrected chi connectivity index (χ3v) is 1.92. The summed E-state index contributed by atoms with van der Waals surface area (Å²) in [4.78, 5) is 0. The predicted octanol–water partition coefficient (Wildman–Crippen LogP) is 3.13. The Kier molecular flexibility index (Phi) is 4.81. The Labute approximate surface area is 98.8 Å². The van der Waals surface area contributed by atoms with Gasteiger partial charge in [0.1, 0.15) is 5.75 Å². The van der Waals surface area contributed by atoms with Crippen molar-refractivity contribution in [3.63, 3.8) is 0 Å². The molecule has 0 aliphatic heterocycles. The lowest BCUT2D eigenvalue weighted by Gasteiger charge is -2.12. The smallest absolute Gasteiger partial charge is 0.401 e. The van der Waals surface area contributed by atoms with Crippen molar-refractivity contribution in [1.82, 2.24) is 5.32 Å². The summed E-state index contributed by atoms with van der Waals surface area (Å²) in [5.74, 6) is 0.673. The average molecular weight is 247 g/mol. The molecule has 0 radical (unpaired) electrons. The van der Waals surface area contributed by atoms with Crippen LogP contribution in [-0.2, 0) is 6.54 Å². The maximum absolute atomic E-state index is 11.9. The van der Waals surface area contributed by atoms with Crippen LogP contribution in [0, 0.1) is 0 Å². The summed E-state index contributed by atoms with van der Waals surface area (Å²) in [6, 6.07) is 7.05. The third kappa shape index (κ3) is 6.16. The summed E-state index contributed by atoms with van der Waals surface area (Å²) in [5, 5.41) is 2.34. The van der Waals surface area contributed by atoms with Gasteiger partial charge in [-0.05, 0) is 31.5 Å². The van der Waals surface area contributed by atoms with Crippen LogP contribution in [0.4, 0.5) is 13.2 Å². The minimum atomic E-state index is -4.17. The Morgan fingerprint density at radius 2 is 2.00 bits per heavy atom. The molecular weight excluding hydrogens is 231 g/mol. The van der Waals surface area contributed by atoms with Gasteiger partial charge in [-0.1, -0.05) is 12.1 Å². The maximum atomic E-state index is 11.9. The molecule has 0 spiro atoms. The molecule has 1 rings (SSSR count). The number of ether oxygens (including phenoxy) is 1. The zero-order chi connectivity index (χ0) is 12.9. The van der Waals surface area contributed by atoms with E-state index in [2.05, 4.69) is 5.32 Å². The van der Waals surface area contributed by atoms with Crippen LogP contribution >= 0.6 is 0 Å². The van der Waals surface area contributed by atoms with E-state index in [0.29, 0.717) is 5.75 Å². The topological polar surface area (TPSA) is 21.3 Å². The zero-order valence-corrected chi connectivity index (χ0v) is 9.84. The lowest BCUT2D eigenvalue weighted by Crippen LogP contribution is -2.28. The fourth-order valence-electron chi connectivity index (χ4n) is 1.35. The Hall–Kier alpha value is -1.23. The van der Waals surface area contributed by atoms with Crippen LogP contribution in [0.3, 0.4) is 0 Å². The van der Waals surface area contributed by atoms with E-state index in [1.54, 1.807) is 24.3 Å². The molecule has 0 aromatic heterocycles. The molecule has 0 fully saturated rings. The second-order valence-electron chi connectivity index (χ2n) is 4.03. The molecular formula is C12H16F3NO. The van der Waals surface area contributed by atoms with Gasteiger partial charge in [0.15, 0.2) is 0 Å². The van der Waals surface area contributed by atoms with E-state index < -0.39 is 12.7 Å². The first-order valence-electron chi connectivity index (χ1n) is 5.40. The van der Waals surface area contributed by atoms with E-state index in [1.165, 1.54) is 0 Å². The summed E-state index contributed by atoms with van der Waals surface area (Å²) in [6.45, 7) is 2.99. The SMILES string of the molecule is CC(C)Oc1cccc(CNCC(F)(F)F)c1. The number of halogens is 3. The Morgan fingerprint density at radius 3 is 2.59 bits per heavy atom. The molecule has 0 atom stereocenters. The highest BCUT2D eigenvalue weighted by molar-refractivity contribution is 5.28. The van der Waals surface area contributed by atoms with E-state index in [1.807, 2.05) is 13.8 Å². The van der Waals surface area contributed by atoms with Crippen molar-refractivity contribution in [2.75, 3.05) is 6.54 Å². The number of hydrogen-bond acceptors (Lipinski definition) is 2. The molecule has 1 aromatic carbocycles. The van der Waals surface area contributed by atoms with Crippen molar-refractivity contribution >= 4 is 0 Å². The van der Waals surface area contributed by atoms with E-state index in [9.17, 15) is 13.2 Å². The van der Waals surface area contributed by atoms with Crippen LogP contribution in [0.15, 0.2) is 24.3 Å². The molecule has 5 heteroatoms. The van der Waals surface area contributed by atoms with Gasteiger partial charge in [-0.15, -0.1) is 0 Å². The molecule has 0 saturated heterocycles. The van der Waals surface area contributed by atoms with Gasteiger partial charge in [-0.25, -0.2) is 0 Å². The number of alkyl halides is 3. The van der Waals surface area contributed by atoms with Crippen molar-refractivity contribution in [3.8, 4) is 5.75 Å². The summed E-state index contributed by atoms with van der Waals surface area (Å²) in [7, 11) is 0. The summed E-state index contributed by atoms with van der Waals surface area (Å²) in [5.41, 5.74) is 0.771. The van der Waals surface area contributed by atoms with Gasteiger partial charge < -0.3 is 10.1 Å². The quantitative estimate of drug-likeness (QED) is 0.863. The van der Waals surface area contributed by atoms with Gasteiger partial charge in [0, 0.05) is 6.54 Å². The molecule has 1 aromatic rings. The first-order chi connectivity index (χ1) is 7.87. The van der Waals surface area contributed by atoms with E-state index in [-0.39, 0.29) is 12.6 Å². The molecule has 0 amide bonds. The van der Waals surface area contributed by atoms with Crippen LogP contribution < -0.4 is 10.1 Å². The number of nitrogens with one attached hydrogen (secondary N) is 1. The van der Waals surface area contributed by atoms with Gasteiger partial charge in [0.25, 0.3) is 0 Å². The lowest BCUT2D eigenvalue weighted by atomic mass is 10.2. The van der Waals surface area contributed by atoms with Gasteiger partial charge in [-0.3, -0.25) is 0 Å². The molecule has 0 bridgehead atoms. The normalized spacial score (nSPS) is 11.9. The first-order valence-corrected chi connectivity index (χ1v) is 5.40. The molecule has 0 heterocycles. The van der Waals surface area contributed by atoms with Crippen molar-refractivity contribution in [1.29, 1.82) is 0 Å².